The molecule has 0 bridgehead atoms. The lowest BCUT2D eigenvalue weighted by Crippen LogP contribution is -2.03. The van der Waals surface area contributed by atoms with Crippen molar-refractivity contribution < 1.29 is 9.53 Å². The minimum Gasteiger partial charge on any atom is -0.462 e. The van der Waals surface area contributed by atoms with E-state index in [0.29, 0.717) is 12.2 Å². The van der Waals surface area contributed by atoms with Gasteiger partial charge < -0.3 is 10.1 Å². The molecule has 0 amide bonds. The molecule has 0 saturated heterocycles. The summed E-state index contributed by atoms with van der Waals surface area (Å²) in [4.78, 5) is 11.0. The van der Waals surface area contributed by atoms with Gasteiger partial charge in [0.05, 0.1) is 12.2 Å². The van der Waals surface area contributed by atoms with Gasteiger partial charge >= 0.3 is 5.97 Å². The number of nitrogens with one attached hydrogen (secondary N) is 1. The molecule has 0 radical (unpaired) electrons. The molecule has 2 aliphatic rings. The zero-order valence-electron chi connectivity index (χ0n) is 12.2. The number of carbonyl (C=O) groups excluding carboxylic acids is 1. The van der Waals surface area contributed by atoms with Crippen molar-refractivity contribution in [2.24, 2.45) is 0 Å². The minimum atomic E-state index is -0.256. The molecule has 0 fully saturated rings. The Hall–Kier alpha value is -2.13. The highest BCUT2D eigenvalue weighted by molar-refractivity contribution is 5.89. The number of fused-ring (bicyclic) bond motifs is 1. The van der Waals surface area contributed by atoms with Crippen LogP contribution >= 0.6 is 0 Å². The highest BCUT2D eigenvalue weighted by Crippen LogP contribution is 2.32. The summed E-state index contributed by atoms with van der Waals surface area (Å²) in [6, 6.07) is 17.4. The predicted molar refractivity (Wildman–Crippen MR) is 82.8 cm³/mol. The van der Waals surface area contributed by atoms with Gasteiger partial charge in [0, 0.05) is 0 Å². The summed E-state index contributed by atoms with van der Waals surface area (Å²) in [7, 11) is 3.75. The Bertz CT molecular complexity index is 506. The van der Waals surface area contributed by atoms with Gasteiger partial charge in [-0.3, -0.25) is 0 Å². The molecule has 1 aromatic rings. The fourth-order valence-corrected chi connectivity index (χ4v) is 1.46. The van der Waals surface area contributed by atoms with E-state index in [1.807, 2.05) is 32.3 Å². The van der Waals surface area contributed by atoms with Crippen molar-refractivity contribution in [1.82, 2.24) is 5.32 Å². The third-order valence-corrected chi connectivity index (χ3v) is 2.40. The molecule has 0 aliphatic heterocycles. The van der Waals surface area contributed by atoms with E-state index in [0.717, 1.165) is 0 Å². The molecule has 0 saturated carbocycles. The Morgan fingerprint density at radius 2 is 1.55 bits per heavy atom. The number of ether oxygens (including phenoxy) is 1. The molecule has 0 unspecified atom stereocenters. The maximum Gasteiger partial charge on any atom is 0.338 e. The molecule has 3 heteroatoms. The Labute approximate surface area is 120 Å². The number of hydrogen-bond acceptors (Lipinski definition) is 3. The first-order chi connectivity index (χ1) is 9.72. The first-order valence-corrected chi connectivity index (χ1v) is 6.64. The zero-order chi connectivity index (χ0) is 14.8. The van der Waals surface area contributed by atoms with E-state index >= 15 is 0 Å². The first kappa shape index (κ1) is 15.9. The second-order valence-electron chi connectivity index (χ2n) is 4.17. The number of rotatable bonds is 2. The van der Waals surface area contributed by atoms with Gasteiger partial charge in [0.2, 0.25) is 0 Å². The van der Waals surface area contributed by atoms with Gasteiger partial charge in [-0.05, 0) is 50.3 Å². The lowest BCUT2D eigenvalue weighted by atomic mass is 10.2. The Morgan fingerprint density at radius 1 is 1.00 bits per heavy atom. The average molecular weight is 271 g/mol. The molecular formula is C17H21NO2. The average Bonchev–Trinajstić information content (AvgIpc) is 3.08. The van der Waals surface area contributed by atoms with Crippen LogP contribution in [0.4, 0.5) is 0 Å². The molecule has 0 spiro atoms. The third kappa shape index (κ3) is 5.67. The van der Waals surface area contributed by atoms with E-state index in [2.05, 4.69) is 29.6 Å². The topological polar surface area (TPSA) is 38.3 Å². The van der Waals surface area contributed by atoms with Crippen LogP contribution < -0.4 is 5.32 Å². The van der Waals surface area contributed by atoms with Gasteiger partial charge in [-0.1, -0.05) is 36.4 Å². The third-order valence-electron chi connectivity index (χ3n) is 2.40. The van der Waals surface area contributed by atoms with E-state index < -0.39 is 0 Å². The van der Waals surface area contributed by atoms with E-state index in [4.69, 9.17) is 4.74 Å². The maximum atomic E-state index is 11.0. The van der Waals surface area contributed by atoms with E-state index in [9.17, 15) is 4.79 Å². The van der Waals surface area contributed by atoms with Crippen LogP contribution in [-0.4, -0.2) is 26.7 Å². The number of carbonyl (C=O) groups is 1. The summed E-state index contributed by atoms with van der Waals surface area (Å²) in [6.07, 6.45) is 0. The molecule has 1 N–H and O–H groups in total. The number of hydrogen-bond donors (Lipinski definition) is 1. The van der Waals surface area contributed by atoms with Gasteiger partial charge in [0.15, 0.2) is 0 Å². The molecule has 0 atom stereocenters. The number of esters is 1. The van der Waals surface area contributed by atoms with Gasteiger partial charge in [-0.15, -0.1) is 0 Å². The zero-order valence-corrected chi connectivity index (χ0v) is 12.2. The Morgan fingerprint density at radius 3 is 1.90 bits per heavy atom. The van der Waals surface area contributed by atoms with Crippen LogP contribution in [0.2, 0.25) is 0 Å². The van der Waals surface area contributed by atoms with E-state index in [1.165, 1.54) is 11.1 Å². The maximum absolute atomic E-state index is 11.0. The van der Waals surface area contributed by atoms with Crippen LogP contribution in [0.5, 0.6) is 0 Å². The smallest absolute Gasteiger partial charge is 0.338 e. The van der Waals surface area contributed by atoms with Crippen molar-refractivity contribution in [3.63, 3.8) is 0 Å². The van der Waals surface area contributed by atoms with Crippen molar-refractivity contribution in [3.8, 4) is 11.1 Å². The van der Waals surface area contributed by atoms with Gasteiger partial charge in [0.1, 0.15) is 0 Å². The highest BCUT2D eigenvalue weighted by Gasteiger charge is 2.07. The first-order valence-electron chi connectivity index (χ1n) is 6.64. The van der Waals surface area contributed by atoms with Crippen LogP contribution in [0.1, 0.15) is 17.3 Å². The molecule has 1 aromatic carbocycles. The van der Waals surface area contributed by atoms with Crippen molar-refractivity contribution in [3.05, 3.63) is 60.2 Å². The minimum absolute atomic E-state index is 0.256. The summed E-state index contributed by atoms with van der Waals surface area (Å²) in [5.41, 5.74) is 3.46. The van der Waals surface area contributed by atoms with Crippen LogP contribution in [0.3, 0.4) is 0 Å². The quantitative estimate of drug-likeness (QED) is 0.726. The SMILES string of the molecule is CCOC(=O)c1ccccc1.CNC.c1cc2cc-2c1. The van der Waals surface area contributed by atoms with Crippen molar-refractivity contribution in [2.45, 2.75) is 6.92 Å². The fourth-order valence-electron chi connectivity index (χ4n) is 1.46. The second kappa shape index (κ2) is 8.88. The summed E-state index contributed by atoms with van der Waals surface area (Å²) in [5.74, 6) is -0.256. The van der Waals surface area contributed by atoms with Crippen LogP contribution in [0.25, 0.3) is 11.1 Å². The Balaban J connectivity index is 0.000000184. The largest absolute Gasteiger partial charge is 0.462 e. The summed E-state index contributed by atoms with van der Waals surface area (Å²) in [6.45, 7) is 2.22. The normalized spacial score (nSPS) is 9.35. The van der Waals surface area contributed by atoms with Crippen molar-refractivity contribution in [2.75, 3.05) is 20.7 Å². The molecule has 3 nitrogen and oxygen atoms in total. The summed E-state index contributed by atoms with van der Waals surface area (Å²) < 4.78 is 4.79. The summed E-state index contributed by atoms with van der Waals surface area (Å²) in [5, 5.41) is 2.75. The van der Waals surface area contributed by atoms with E-state index in [-0.39, 0.29) is 5.97 Å². The molecule has 3 rings (SSSR count). The molecule has 2 aliphatic carbocycles. The van der Waals surface area contributed by atoms with Crippen molar-refractivity contribution in [1.29, 1.82) is 0 Å². The highest BCUT2D eigenvalue weighted by atomic mass is 16.5. The molecule has 20 heavy (non-hydrogen) atoms. The Kier molecular flexibility index (Phi) is 7.07. The number of benzene rings is 2. The fraction of sp³-hybridized carbons (Fsp3) is 0.235. The second-order valence-corrected chi connectivity index (χ2v) is 4.17. The molecule has 106 valence electrons. The standard InChI is InChI=1S/C9H10O2.C6H4.C2H7N/c1-2-11-9(10)8-6-4-3-5-7-8;1-2-5-4-6(5)3-1;1-3-2/h3-7H,2H2,1H3;1-4H;3H,1-2H3. The van der Waals surface area contributed by atoms with Crippen LogP contribution in [0.15, 0.2) is 54.6 Å². The van der Waals surface area contributed by atoms with Gasteiger partial charge in [0.25, 0.3) is 0 Å². The summed E-state index contributed by atoms with van der Waals surface area (Å²) >= 11 is 0. The van der Waals surface area contributed by atoms with E-state index in [1.54, 1.807) is 19.1 Å². The van der Waals surface area contributed by atoms with Crippen LogP contribution in [-0.2, 0) is 4.74 Å². The van der Waals surface area contributed by atoms with Crippen LogP contribution in [0, 0.1) is 0 Å². The lowest BCUT2D eigenvalue weighted by Gasteiger charge is -1.99. The van der Waals surface area contributed by atoms with Gasteiger partial charge in [-0.25, -0.2) is 4.79 Å². The van der Waals surface area contributed by atoms with Crippen molar-refractivity contribution >= 4 is 5.97 Å². The lowest BCUT2D eigenvalue weighted by molar-refractivity contribution is 0.0526. The monoisotopic (exact) mass is 271 g/mol. The molecule has 0 aromatic heterocycles. The molecule has 0 heterocycles. The van der Waals surface area contributed by atoms with Gasteiger partial charge in [-0.2, -0.15) is 0 Å². The predicted octanol–water partition coefficient (Wildman–Crippen LogP) is 3.37. The molecular weight excluding hydrogens is 250 g/mol.